The number of aromatic nitrogens is 2. The first-order chi connectivity index (χ1) is 13.3. The summed E-state index contributed by atoms with van der Waals surface area (Å²) in [6.45, 7) is 6.51. The van der Waals surface area contributed by atoms with Crippen molar-refractivity contribution < 1.29 is 14.3 Å². The van der Waals surface area contributed by atoms with Crippen LogP contribution in [0, 0.1) is 0 Å². The van der Waals surface area contributed by atoms with Crippen molar-refractivity contribution in [3.05, 3.63) is 47.8 Å². The monoisotopic (exact) mass is 384 g/mol. The molecule has 0 bridgehead atoms. The molecule has 0 unspecified atom stereocenters. The van der Waals surface area contributed by atoms with Crippen LogP contribution in [0.2, 0.25) is 0 Å². The fraction of sp³-hybridized carbons (Fsp3) is 0.476. The second-order valence-corrected chi connectivity index (χ2v) is 7.41. The van der Waals surface area contributed by atoms with E-state index in [1.165, 1.54) is 0 Å². The van der Waals surface area contributed by atoms with Crippen molar-refractivity contribution in [3.63, 3.8) is 0 Å². The molecule has 150 valence electrons. The Labute approximate surface area is 165 Å². The third-order valence-corrected chi connectivity index (χ3v) is 5.23. The lowest BCUT2D eigenvalue weighted by molar-refractivity contribution is -0.162. The first kappa shape index (κ1) is 20.1. The van der Waals surface area contributed by atoms with Gasteiger partial charge >= 0.3 is 0 Å². The number of ether oxygens (including phenoxy) is 1. The standard InChI is InChI=1S/C21H28N4O3/c1-6-25-18(26)13-28-20(19(25)15-11-22-23(4)12-15)21(27)24(5)17-10-8-7-9-16(17)14(2)3/h7-12,14,19-20H,6,13H2,1-5H3/t19-,20+/m1/s1. The molecule has 2 aromatic rings. The van der Waals surface area contributed by atoms with E-state index in [-0.39, 0.29) is 24.3 Å². The zero-order valence-corrected chi connectivity index (χ0v) is 17.1. The Morgan fingerprint density at radius 2 is 2.07 bits per heavy atom. The fourth-order valence-electron chi connectivity index (χ4n) is 3.77. The maximum atomic E-state index is 13.5. The number of amides is 2. The van der Waals surface area contributed by atoms with Crippen LogP contribution in [0.4, 0.5) is 5.69 Å². The van der Waals surface area contributed by atoms with Gasteiger partial charge < -0.3 is 14.5 Å². The lowest BCUT2D eigenvalue weighted by Crippen LogP contribution is -2.54. The topological polar surface area (TPSA) is 67.7 Å². The predicted molar refractivity (Wildman–Crippen MR) is 107 cm³/mol. The number of para-hydroxylation sites is 1. The molecular weight excluding hydrogens is 356 g/mol. The van der Waals surface area contributed by atoms with Crippen LogP contribution in [-0.2, 0) is 21.4 Å². The number of hydrogen-bond acceptors (Lipinski definition) is 4. The van der Waals surface area contributed by atoms with E-state index < -0.39 is 12.1 Å². The van der Waals surface area contributed by atoms with Gasteiger partial charge in [-0.2, -0.15) is 5.10 Å². The third-order valence-electron chi connectivity index (χ3n) is 5.23. The van der Waals surface area contributed by atoms with Gasteiger partial charge in [-0.1, -0.05) is 32.0 Å². The Morgan fingerprint density at radius 1 is 1.36 bits per heavy atom. The van der Waals surface area contributed by atoms with Gasteiger partial charge in [-0.25, -0.2) is 0 Å². The number of likely N-dealkylation sites (N-methyl/N-ethyl adjacent to an activating group) is 2. The van der Waals surface area contributed by atoms with Gasteiger partial charge in [0.05, 0.1) is 12.2 Å². The third kappa shape index (κ3) is 3.67. The molecule has 2 amide bonds. The molecule has 1 aliphatic rings. The molecule has 1 aromatic carbocycles. The number of rotatable bonds is 5. The highest BCUT2D eigenvalue weighted by Gasteiger charge is 2.43. The zero-order valence-electron chi connectivity index (χ0n) is 17.1. The normalized spacial score (nSPS) is 19.9. The molecule has 2 heterocycles. The van der Waals surface area contributed by atoms with Gasteiger partial charge in [0.1, 0.15) is 6.61 Å². The molecule has 1 aromatic heterocycles. The van der Waals surface area contributed by atoms with Gasteiger partial charge in [0.2, 0.25) is 5.91 Å². The molecule has 3 rings (SSSR count). The Kier molecular flexibility index (Phi) is 5.84. The lowest BCUT2D eigenvalue weighted by Gasteiger charge is -2.40. The summed E-state index contributed by atoms with van der Waals surface area (Å²) in [4.78, 5) is 29.2. The summed E-state index contributed by atoms with van der Waals surface area (Å²) in [6.07, 6.45) is 2.74. The van der Waals surface area contributed by atoms with Crippen LogP contribution in [-0.4, -0.2) is 52.8 Å². The molecule has 7 nitrogen and oxygen atoms in total. The quantitative estimate of drug-likeness (QED) is 0.794. The number of nitrogens with zero attached hydrogens (tertiary/aromatic N) is 4. The SMILES string of the molecule is CCN1C(=O)CO[C@H](C(=O)N(C)c2ccccc2C(C)C)[C@H]1c1cnn(C)c1. The lowest BCUT2D eigenvalue weighted by atomic mass is 9.97. The highest BCUT2D eigenvalue weighted by molar-refractivity contribution is 5.98. The zero-order chi connectivity index (χ0) is 20.4. The summed E-state index contributed by atoms with van der Waals surface area (Å²) in [5, 5.41) is 4.22. The molecule has 28 heavy (non-hydrogen) atoms. The van der Waals surface area contributed by atoms with Crippen LogP contribution >= 0.6 is 0 Å². The van der Waals surface area contributed by atoms with Gasteiger partial charge in [0, 0.05) is 38.1 Å². The van der Waals surface area contributed by atoms with Crippen molar-refractivity contribution in [1.29, 1.82) is 0 Å². The first-order valence-corrected chi connectivity index (χ1v) is 9.61. The van der Waals surface area contributed by atoms with Crippen molar-refractivity contribution in [2.75, 3.05) is 25.1 Å². The van der Waals surface area contributed by atoms with E-state index in [0.717, 1.165) is 16.8 Å². The van der Waals surface area contributed by atoms with Gasteiger partial charge in [-0.05, 0) is 24.5 Å². The van der Waals surface area contributed by atoms with Crippen molar-refractivity contribution >= 4 is 17.5 Å². The number of carbonyl (C=O) groups is 2. The molecule has 0 saturated carbocycles. The highest BCUT2D eigenvalue weighted by atomic mass is 16.5. The van der Waals surface area contributed by atoms with Crippen molar-refractivity contribution in [1.82, 2.24) is 14.7 Å². The predicted octanol–water partition coefficient (Wildman–Crippen LogP) is 2.49. The van der Waals surface area contributed by atoms with Crippen molar-refractivity contribution in [3.8, 4) is 0 Å². The number of carbonyl (C=O) groups excluding carboxylic acids is 2. The fourth-order valence-corrected chi connectivity index (χ4v) is 3.77. The molecule has 0 spiro atoms. The molecule has 2 atom stereocenters. The van der Waals surface area contributed by atoms with Gasteiger partial charge in [0.15, 0.2) is 6.10 Å². The number of anilines is 1. The van der Waals surface area contributed by atoms with Gasteiger partial charge in [0.25, 0.3) is 5.91 Å². The van der Waals surface area contributed by atoms with Crippen molar-refractivity contribution in [2.45, 2.75) is 38.8 Å². The van der Waals surface area contributed by atoms with E-state index in [0.29, 0.717) is 6.54 Å². The summed E-state index contributed by atoms with van der Waals surface area (Å²) in [5.74, 6) is -0.0138. The number of benzene rings is 1. The van der Waals surface area contributed by atoms with E-state index in [1.54, 1.807) is 27.7 Å². The Balaban J connectivity index is 1.97. The smallest absolute Gasteiger partial charge is 0.258 e. The maximum Gasteiger partial charge on any atom is 0.258 e. The summed E-state index contributed by atoms with van der Waals surface area (Å²) in [7, 11) is 3.58. The molecular formula is C21H28N4O3. The van der Waals surface area contributed by atoms with Crippen LogP contribution < -0.4 is 4.90 Å². The van der Waals surface area contributed by atoms with Gasteiger partial charge in [-0.3, -0.25) is 14.3 Å². The van der Waals surface area contributed by atoms with Crippen LogP contribution in [0.25, 0.3) is 0 Å². The molecule has 1 saturated heterocycles. The number of hydrogen-bond donors (Lipinski definition) is 0. The second kappa shape index (κ2) is 8.14. The van der Waals surface area contributed by atoms with Gasteiger partial charge in [-0.15, -0.1) is 0 Å². The average Bonchev–Trinajstić information content (AvgIpc) is 3.12. The molecule has 1 fully saturated rings. The van der Waals surface area contributed by atoms with E-state index >= 15 is 0 Å². The van der Waals surface area contributed by atoms with Crippen LogP contribution in [0.5, 0.6) is 0 Å². The molecule has 0 N–H and O–H groups in total. The summed E-state index contributed by atoms with van der Waals surface area (Å²) >= 11 is 0. The molecule has 0 aliphatic carbocycles. The minimum atomic E-state index is -0.785. The summed E-state index contributed by atoms with van der Waals surface area (Å²) < 4.78 is 7.45. The maximum absolute atomic E-state index is 13.5. The van der Waals surface area contributed by atoms with Crippen LogP contribution in [0.15, 0.2) is 36.7 Å². The minimum absolute atomic E-state index is 0.0966. The van der Waals surface area contributed by atoms with E-state index in [2.05, 4.69) is 18.9 Å². The number of morpholine rings is 1. The first-order valence-electron chi connectivity index (χ1n) is 9.61. The molecule has 1 aliphatic heterocycles. The van der Waals surface area contributed by atoms with Crippen LogP contribution in [0.1, 0.15) is 43.9 Å². The molecule has 0 radical (unpaired) electrons. The Bertz CT molecular complexity index is 861. The molecule has 7 heteroatoms. The second-order valence-electron chi connectivity index (χ2n) is 7.41. The largest absolute Gasteiger partial charge is 0.356 e. The van der Waals surface area contributed by atoms with Crippen LogP contribution in [0.3, 0.4) is 0 Å². The highest BCUT2D eigenvalue weighted by Crippen LogP contribution is 2.33. The Morgan fingerprint density at radius 3 is 2.68 bits per heavy atom. The van der Waals surface area contributed by atoms with E-state index in [1.807, 2.05) is 44.4 Å². The van der Waals surface area contributed by atoms with E-state index in [4.69, 9.17) is 4.74 Å². The van der Waals surface area contributed by atoms with Crippen molar-refractivity contribution in [2.24, 2.45) is 7.05 Å². The summed E-state index contributed by atoms with van der Waals surface area (Å²) in [5.41, 5.74) is 2.74. The van der Waals surface area contributed by atoms with E-state index in [9.17, 15) is 9.59 Å². The number of aryl methyl sites for hydroxylation is 1. The average molecular weight is 384 g/mol. The Hall–Kier alpha value is -2.67. The minimum Gasteiger partial charge on any atom is -0.356 e. The summed E-state index contributed by atoms with van der Waals surface area (Å²) in [6, 6.07) is 7.38.